The van der Waals surface area contributed by atoms with Crippen molar-refractivity contribution in [3.8, 4) is 23.0 Å². The SMILES string of the molecule is CN(C(=O)N(CC#N)S(=O)(=O)c1csc2c1OCO2)c1ccccc1C#N. The molecule has 0 fully saturated rings. The summed E-state index contributed by atoms with van der Waals surface area (Å²) in [4.78, 5) is 13.7. The highest BCUT2D eigenvalue weighted by Gasteiger charge is 2.38. The summed E-state index contributed by atoms with van der Waals surface area (Å²) in [6.07, 6.45) is 0. The normalized spacial score (nSPS) is 12.1. The molecule has 0 N–H and O–H groups in total. The molecule has 0 saturated heterocycles. The molecule has 0 unspecified atom stereocenters. The average Bonchev–Trinajstić information content (AvgIpc) is 3.28. The molecule has 1 aromatic heterocycles. The van der Waals surface area contributed by atoms with Gasteiger partial charge in [-0.3, -0.25) is 4.90 Å². The minimum Gasteiger partial charge on any atom is -0.451 e. The van der Waals surface area contributed by atoms with Gasteiger partial charge in [-0.1, -0.05) is 12.1 Å². The summed E-state index contributed by atoms with van der Waals surface area (Å²) >= 11 is 1.02. The van der Waals surface area contributed by atoms with Crippen LogP contribution in [0.1, 0.15) is 5.56 Å². The fourth-order valence-electron chi connectivity index (χ4n) is 2.43. The van der Waals surface area contributed by atoms with Gasteiger partial charge in [0.15, 0.2) is 5.75 Å². The summed E-state index contributed by atoms with van der Waals surface area (Å²) in [6, 6.07) is 8.89. The summed E-state index contributed by atoms with van der Waals surface area (Å²) in [7, 11) is -3.05. The number of hydrogen-bond donors (Lipinski definition) is 0. The van der Waals surface area contributed by atoms with Gasteiger partial charge >= 0.3 is 6.03 Å². The number of anilines is 1. The number of carbonyl (C=O) groups excluding carboxylic acids is 1. The average molecular weight is 404 g/mol. The largest absolute Gasteiger partial charge is 0.451 e. The van der Waals surface area contributed by atoms with Crippen LogP contribution < -0.4 is 14.4 Å². The van der Waals surface area contributed by atoms with Crippen molar-refractivity contribution in [3.63, 3.8) is 0 Å². The molecule has 138 valence electrons. The first-order valence-electron chi connectivity index (χ1n) is 7.45. The number of amides is 2. The first kappa shape index (κ1) is 18.5. The Balaban J connectivity index is 2.01. The minimum atomic E-state index is -4.37. The predicted octanol–water partition coefficient (Wildman–Crippen LogP) is 2.12. The third kappa shape index (κ3) is 3.14. The van der Waals surface area contributed by atoms with Crippen LogP contribution in [0.15, 0.2) is 34.5 Å². The van der Waals surface area contributed by atoms with Crippen molar-refractivity contribution in [2.24, 2.45) is 0 Å². The van der Waals surface area contributed by atoms with Crippen LogP contribution in [0.2, 0.25) is 0 Å². The summed E-state index contributed by atoms with van der Waals surface area (Å²) in [6.45, 7) is -0.822. The molecular weight excluding hydrogens is 392 g/mol. The lowest BCUT2D eigenvalue weighted by molar-refractivity contribution is 0.173. The standard InChI is InChI=1S/C16H12N4O5S2/c1-19(12-5-3-2-4-11(12)8-18)16(21)20(7-6-17)27(22,23)13-9-26-15-14(13)24-10-25-15/h2-5,9H,7,10H2,1H3. The Morgan fingerprint density at radius 1 is 1.30 bits per heavy atom. The van der Waals surface area contributed by atoms with Crippen molar-refractivity contribution in [2.75, 3.05) is 25.3 Å². The number of rotatable bonds is 4. The second-order valence-corrected chi connectivity index (χ2v) is 7.94. The summed E-state index contributed by atoms with van der Waals surface area (Å²) in [5.74, 6) is 0.0239. The number of sulfonamides is 1. The molecular formula is C16H12N4O5S2. The molecule has 11 heteroatoms. The van der Waals surface area contributed by atoms with Crippen molar-refractivity contribution < 1.29 is 22.7 Å². The number of nitrogens with zero attached hydrogens (tertiary/aromatic N) is 4. The second-order valence-electron chi connectivity index (χ2n) is 5.26. The molecule has 2 heterocycles. The molecule has 0 bridgehead atoms. The maximum absolute atomic E-state index is 13.0. The Morgan fingerprint density at radius 2 is 2.04 bits per heavy atom. The zero-order chi connectivity index (χ0) is 19.6. The minimum absolute atomic E-state index is 0.0239. The van der Waals surface area contributed by atoms with Gasteiger partial charge < -0.3 is 9.47 Å². The van der Waals surface area contributed by atoms with Gasteiger partial charge in [0.25, 0.3) is 10.0 Å². The van der Waals surface area contributed by atoms with Crippen LogP contribution >= 0.6 is 11.3 Å². The topological polar surface area (TPSA) is 124 Å². The number of ether oxygens (including phenoxy) is 2. The van der Waals surface area contributed by atoms with E-state index in [-0.39, 0.29) is 28.7 Å². The van der Waals surface area contributed by atoms with Crippen LogP contribution in [0.3, 0.4) is 0 Å². The highest BCUT2D eigenvalue weighted by molar-refractivity contribution is 7.90. The molecule has 1 aliphatic heterocycles. The number of fused-ring (bicyclic) bond motifs is 1. The van der Waals surface area contributed by atoms with E-state index >= 15 is 0 Å². The number of hydrogen-bond acceptors (Lipinski definition) is 8. The quantitative estimate of drug-likeness (QED) is 0.715. The van der Waals surface area contributed by atoms with E-state index in [0.717, 1.165) is 16.2 Å². The monoisotopic (exact) mass is 404 g/mol. The fourth-order valence-corrected chi connectivity index (χ4v) is 5.02. The summed E-state index contributed by atoms with van der Waals surface area (Å²) in [5.41, 5.74) is 0.411. The number of urea groups is 1. The highest BCUT2D eigenvalue weighted by atomic mass is 32.2. The molecule has 2 amide bonds. The van der Waals surface area contributed by atoms with Gasteiger partial charge in [0.2, 0.25) is 11.9 Å². The summed E-state index contributed by atoms with van der Waals surface area (Å²) < 4.78 is 36.8. The zero-order valence-electron chi connectivity index (χ0n) is 13.9. The molecule has 27 heavy (non-hydrogen) atoms. The van der Waals surface area contributed by atoms with E-state index in [0.29, 0.717) is 9.37 Å². The Kier molecular flexibility index (Phi) is 4.90. The van der Waals surface area contributed by atoms with Crippen LogP contribution in [0.4, 0.5) is 10.5 Å². The number of benzene rings is 1. The Hall–Kier alpha value is -3.28. The first-order valence-corrected chi connectivity index (χ1v) is 9.77. The Morgan fingerprint density at radius 3 is 2.74 bits per heavy atom. The fraction of sp³-hybridized carbons (Fsp3) is 0.188. The highest BCUT2D eigenvalue weighted by Crippen LogP contribution is 2.45. The van der Waals surface area contributed by atoms with Crippen LogP contribution in [-0.4, -0.2) is 39.1 Å². The molecule has 1 aliphatic rings. The van der Waals surface area contributed by atoms with E-state index in [1.165, 1.54) is 24.6 Å². The molecule has 9 nitrogen and oxygen atoms in total. The van der Waals surface area contributed by atoms with Crippen molar-refractivity contribution in [3.05, 3.63) is 35.2 Å². The van der Waals surface area contributed by atoms with Gasteiger partial charge in [-0.15, -0.1) is 11.3 Å². The molecule has 0 spiro atoms. The van der Waals surface area contributed by atoms with E-state index < -0.39 is 22.6 Å². The van der Waals surface area contributed by atoms with Gasteiger partial charge in [-0.2, -0.15) is 10.5 Å². The van der Waals surface area contributed by atoms with E-state index in [4.69, 9.17) is 14.7 Å². The number of para-hydroxylation sites is 1. The van der Waals surface area contributed by atoms with E-state index in [2.05, 4.69) is 0 Å². The van der Waals surface area contributed by atoms with Crippen molar-refractivity contribution >= 4 is 33.1 Å². The van der Waals surface area contributed by atoms with Crippen LogP contribution in [0.5, 0.6) is 10.8 Å². The van der Waals surface area contributed by atoms with E-state index in [1.807, 2.05) is 6.07 Å². The van der Waals surface area contributed by atoms with Crippen molar-refractivity contribution in [1.29, 1.82) is 10.5 Å². The Labute approximate surface area is 159 Å². The maximum Gasteiger partial charge on any atom is 0.339 e. The molecule has 1 aromatic carbocycles. The predicted molar refractivity (Wildman–Crippen MR) is 94.9 cm³/mol. The number of thiophene rings is 1. The Bertz CT molecular complexity index is 1080. The third-order valence-electron chi connectivity index (χ3n) is 3.74. The van der Waals surface area contributed by atoms with E-state index in [1.54, 1.807) is 18.2 Å². The molecule has 2 aromatic rings. The van der Waals surface area contributed by atoms with Gasteiger partial charge in [0.05, 0.1) is 17.3 Å². The summed E-state index contributed by atoms with van der Waals surface area (Å²) in [5, 5.41) is 19.9. The lowest BCUT2D eigenvalue weighted by Crippen LogP contribution is -2.45. The maximum atomic E-state index is 13.0. The molecule has 0 radical (unpaired) electrons. The van der Waals surface area contributed by atoms with E-state index in [9.17, 15) is 18.5 Å². The lowest BCUT2D eigenvalue weighted by Gasteiger charge is -2.26. The van der Waals surface area contributed by atoms with Gasteiger partial charge in [-0.25, -0.2) is 17.5 Å². The lowest BCUT2D eigenvalue weighted by atomic mass is 10.2. The van der Waals surface area contributed by atoms with Crippen molar-refractivity contribution in [1.82, 2.24) is 4.31 Å². The third-order valence-corrected chi connectivity index (χ3v) is 6.49. The molecule has 0 saturated carbocycles. The second kappa shape index (κ2) is 7.15. The van der Waals surface area contributed by atoms with Crippen LogP contribution in [0, 0.1) is 22.7 Å². The molecule has 3 rings (SSSR count). The van der Waals surface area contributed by atoms with Gasteiger partial charge in [-0.05, 0) is 12.1 Å². The van der Waals surface area contributed by atoms with Gasteiger partial charge in [0, 0.05) is 12.4 Å². The van der Waals surface area contributed by atoms with Crippen LogP contribution in [0.25, 0.3) is 0 Å². The van der Waals surface area contributed by atoms with Gasteiger partial charge in [0.1, 0.15) is 17.5 Å². The van der Waals surface area contributed by atoms with Crippen LogP contribution in [-0.2, 0) is 10.0 Å². The first-order chi connectivity index (χ1) is 12.9. The van der Waals surface area contributed by atoms with Crippen molar-refractivity contribution in [2.45, 2.75) is 4.90 Å². The smallest absolute Gasteiger partial charge is 0.339 e. The number of carbonyl (C=O) groups is 1. The zero-order valence-corrected chi connectivity index (χ0v) is 15.6. The molecule has 0 aliphatic carbocycles. The number of nitriles is 2. The molecule has 0 atom stereocenters.